The van der Waals surface area contributed by atoms with Crippen LogP contribution < -0.4 is 0 Å². The monoisotopic (exact) mass is 319 g/mol. The van der Waals surface area contributed by atoms with Gasteiger partial charge >= 0.3 is 5.97 Å². The van der Waals surface area contributed by atoms with E-state index in [9.17, 15) is 19.5 Å². The number of aliphatic carboxylic acids is 1. The Morgan fingerprint density at radius 3 is 2.91 bits per heavy atom. The Bertz CT molecular complexity index is 676. The number of hydrogen-bond acceptors (Lipinski definition) is 5. The zero-order valence-corrected chi connectivity index (χ0v) is 12.4. The number of rotatable bonds is 3. The van der Waals surface area contributed by atoms with Gasteiger partial charge in [0.25, 0.3) is 5.91 Å². The molecule has 0 bridgehead atoms. The lowest BCUT2D eigenvalue weighted by Crippen LogP contribution is -2.53. The van der Waals surface area contributed by atoms with Gasteiger partial charge in [0, 0.05) is 17.9 Å². The standard InChI is InChI=1S/C14H13N3O4S/c15-2-4-16-3-1-8(13(16)19)5-9-7-22-11-6-10(18)17(11)12(9)14(20)21/h5,11H,1,3-4,6-7H2,(H,20,21). The summed E-state index contributed by atoms with van der Waals surface area (Å²) < 4.78 is 0. The van der Waals surface area contributed by atoms with Crippen LogP contribution in [0.2, 0.25) is 0 Å². The van der Waals surface area contributed by atoms with E-state index in [2.05, 4.69) is 0 Å². The highest BCUT2D eigenvalue weighted by molar-refractivity contribution is 8.00. The van der Waals surface area contributed by atoms with E-state index in [0.29, 0.717) is 36.3 Å². The molecule has 3 aliphatic rings. The number of allylic oxidation sites excluding steroid dienone is 1. The molecule has 3 rings (SSSR count). The predicted molar refractivity (Wildman–Crippen MR) is 77.3 cm³/mol. The molecule has 3 aliphatic heterocycles. The summed E-state index contributed by atoms with van der Waals surface area (Å²) in [5.41, 5.74) is 0.971. The van der Waals surface area contributed by atoms with Gasteiger partial charge in [-0.15, -0.1) is 11.8 Å². The average molecular weight is 319 g/mol. The van der Waals surface area contributed by atoms with Crippen molar-refractivity contribution in [2.24, 2.45) is 0 Å². The van der Waals surface area contributed by atoms with Crippen molar-refractivity contribution >= 4 is 29.5 Å². The van der Waals surface area contributed by atoms with Crippen molar-refractivity contribution in [3.63, 3.8) is 0 Å². The first-order valence-electron chi connectivity index (χ1n) is 6.80. The molecule has 1 atom stereocenters. The first kappa shape index (κ1) is 14.7. The average Bonchev–Trinajstić information content (AvgIpc) is 2.80. The molecule has 8 heteroatoms. The molecule has 0 aromatic carbocycles. The molecule has 7 nitrogen and oxygen atoms in total. The van der Waals surface area contributed by atoms with Gasteiger partial charge in [-0.25, -0.2) is 4.79 Å². The van der Waals surface area contributed by atoms with Crippen LogP contribution in [0.15, 0.2) is 22.9 Å². The van der Waals surface area contributed by atoms with Crippen LogP contribution in [0.5, 0.6) is 0 Å². The first-order valence-corrected chi connectivity index (χ1v) is 7.84. The molecule has 0 radical (unpaired) electrons. The molecule has 0 aromatic rings. The van der Waals surface area contributed by atoms with Crippen LogP contribution in [-0.2, 0) is 14.4 Å². The molecule has 3 heterocycles. The molecule has 114 valence electrons. The lowest BCUT2D eigenvalue weighted by Gasteiger charge is -2.43. The molecule has 1 unspecified atom stereocenters. The number of β-lactam (4-membered cyclic amide) rings is 1. The number of carbonyl (C=O) groups excluding carboxylic acids is 2. The SMILES string of the molecule is N#CCN1CCC(=CC2=C(C(=O)O)N3C(=O)CC3SC2)C1=O. The van der Waals surface area contributed by atoms with Crippen LogP contribution in [0.1, 0.15) is 12.8 Å². The minimum absolute atomic E-state index is 0.0148. The zero-order chi connectivity index (χ0) is 15.9. The van der Waals surface area contributed by atoms with Gasteiger partial charge in [-0.2, -0.15) is 5.26 Å². The zero-order valence-electron chi connectivity index (χ0n) is 11.6. The minimum Gasteiger partial charge on any atom is -0.477 e. The topological polar surface area (TPSA) is 102 Å². The van der Waals surface area contributed by atoms with Crippen molar-refractivity contribution in [1.82, 2.24) is 9.80 Å². The van der Waals surface area contributed by atoms with Gasteiger partial charge in [0.1, 0.15) is 12.2 Å². The van der Waals surface area contributed by atoms with Gasteiger partial charge in [-0.05, 0) is 18.1 Å². The number of carboxylic acid groups (broad SMARTS) is 1. The lowest BCUT2D eigenvalue weighted by molar-refractivity contribution is -0.146. The number of likely N-dealkylation sites (tertiary alicyclic amines) is 1. The summed E-state index contributed by atoms with van der Waals surface area (Å²) in [6.07, 6.45) is 2.43. The Kier molecular flexibility index (Phi) is 3.66. The molecule has 2 saturated heterocycles. The van der Waals surface area contributed by atoms with Crippen molar-refractivity contribution < 1.29 is 19.5 Å². The molecule has 0 aliphatic carbocycles. The van der Waals surface area contributed by atoms with Crippen LogP contribution in [0.25, 0.3) is 0 Å². The number of fused-ring (bicyclic) bond motifs is 1. The van der Waals surface area contributed by atoms with Crippen molar-refractivity contribution in [2.45, 2.75) is 18.2 Å². The van der Waals surface area contributed by atoms with Gasteiger partial charge in [0.15, 0.2) is 0 Å². The van der Waals surface area contributed by atoms with Crippen LogP contribution in [-0.4, -0.2) is 56.9 Å². The Labute approximate surface area is 130 Å². The highest BCUT2D eigenvalue weighted by Crippen LogP contribution is 2.40. The highest BCUT2D eigenvalue weighted by Gasteiger charge is 2.45. The number of thioether (sulfide) groups is 1. The molecule has 22 heavy (non-hydrogen) atoms. The van der Waals surface area contributed by atoms with E-state index in [1.54, 1.807) is 6.08 Å². The first-order chi connectivity index (χ1) is 10.5. The third-order valence-corrected chi connectivity index (χ3v) is 5.15. The summed E-state index contributed by atoms with van der Waals surface area (Å²) >= 11 is 1.50. The third kappa shape index (κ3) is 2.27. The van der Waals surface area contributed by atoms with E-state index in [4.69, 9.17) is 5.26 Å². The highest BCUT2D eigenvalue weighted by atomic mass is 32.2. The van der Waals surface area contributed by atoms with E-state index in [-0.39, 0.29) is 29.4 Å². The van der Waals surface area contributed by atoms with Gasteiger partial charge in [0.05, 0.1) is 17.9 Å². The van der Waals surface area contributed by atoms with Gasteiger partial charge in [0.2, 0.25) is 5.91 Å². The molecule has 0 spiro atoms. The summed E-state index contributed by atoms with van der Waals surface area (Å²) in [5, 5.41) is 18.0. The number of carbonyl (C=O) groups is 3. The fraction of sp³-hybridized carbons (Fsp3) is 0.429. The smallest absolute Gasteiger partial charge is 0.352 e. The fourth-order valence-electron chi connectivity index (χ4n) is 2.80. The second-order valence-corrected chi connectivity index (χ2v) is 6.38. The second-order valence-electron chi connectivity index (χ2n) is 5.22. The van der Waals surface area contributed by atoms with Crippen molar-refractivity contribution in [3.8, 4) is 6.07 Å². The number of amides is 2. The molecule has 2 amide bonds. The minimum atomic E-state index is -1.15. The van der Waals surface area contributed by atoms with Gasteiger partial charge < -0.3 is 10.0 Å². The van der Waals surface area contributed by atoms with Crippen LogP contribution >= 0.6 is 11.8 Å². The Morgan fingerprint density at radius 1 is 1.50 bits per heavy atom. The number of carboxylic acids is 1. The molecular weight excluding hydrogens is 306 g/mol. The quantitative estimate of drug-likeness (QED) is 0.456. The fourth-order valence-corrected chi connectivity index (χ4v) is 4.02. The summed E-state index contributed by atoms with van der Waals surface area (Å²) in [6, 6.07) is 1.93. The number of nitrogens with zero attached hydrogens (tertiary/aromatic N) is 3. The lowest BCUT2D eigenvalue weighted by atomic mass is 10.0. The Morgan fingerprint density at radius 2 is 2.27 bits per heavy atom. The maximum atomic E-state index is 12.1. The molecule has 2 fully saturated rings. The van der Waals surface area contributed by atoms with Crippen molar-refractivity contribution in [3.05, 3.63) is 22.9 Å². The largest absolute Gasteiger partial charge is 0.477 e. The Hall–Kier alpha value is -2.27. The maximum Gasteiger partial charge on any atom is 0.352 e. The van der Waals surface area contributed by atoms with E-state index in [1.165, 1.54) is 21.6 Å². The maximum absolute atomic E-state index is 12.1. The van der Waals surface area contributed by atoms with E-state index in [0.717, 1.165) is 0 Å². The summed E-state index contributed by atoms with van der Waals surface area (Å²) in [4.78, 5) is 38.0. The summed E-state index contributed by atoms with van der Waals surface area (Å²) in [5.74, 6) is -1.12. The van der Waals surface area contributed by atoms with Crippen LogP contribution in [0.3, 0.4) is 0 Å². The number of hydrogen-bond donors (Lipinski definition) is 1. The van der Waals surface area contributed by atoms with E-state index in [1.807, 2.05) is 6.07 Å². The third-order valence-electron chi connectivity index (χ3n) is 3.91. The van der Waals surface area contributed by atoms with Crippen LogP contribution in [0.4, 0.5) is 0 Å². The Balaban J connectivity index is 1.93. The normalized spacial score (nSPS) is 26.1. The predicted octanol–water partition coefficient (Wildman–Crippen LogP) is 0.313. The van der Waals surface area contributed by atoms with Crippen molar-refractivity contribution in [1.29, 1.82) is 5.26 Å². The van der Waals surface area contributed by atoms with Crippen LogP contribution in [0, 0.1) is 11.3 Å². The van der Waals surface area contributed by atoms with E-state index < -0.39 is 5.97 Å². The molecule has 0 aromatic heterocycles. The van der Waals surface area contributed by atoms with E-state index >= 15 is 0 Å². The van der Waals surface area contributed by atoms with Gasteiger partial charge in [-0.1, -0.05) is 0 Å². The molecule has 0 saturated carbocycles. The van der Waals surface area contributed by atoms with Crippen molar-refractivity contribution in [2.75, 3.05) is 18.8 Å². The summed E-state index contributed by atoms with van der Waals surface area (Å²) in [6.45, 7) is 0.495. The second kappa shape index (κ2) is 5.50. The number of nitriles is 1. The molecule has 1 N–H and O–H groups in total. The van der Waals surface area contributed by atoms with Gasteiger partial charge in [-0.3, -0.25) is 14.5 Å². The molecular formula is C14H13N3O4S. The summed E-state index contributed by atoms with van der Waals surface area (Å²) in [7, 11) is 0.